The summed E-state index contributed by atoms with van der Waals surface area (Å²) in [6.07, 6.45) is 4.07. The van der Waals surface area contributed by atoms with Crippen molar-refractivity contribution in [3.05, 3.63) is 35.9 Å². The normalized spacial score (nSPS) is 11.4. The van der Waals surface area contributed by atoms with Gasteiger partial charge in [-0.3, -0.25) is 0 Å². The molecule has 1 aromatic carbocycles. The summed E-state index contributed by atoms with van der Waals surface area (Å²) in [4.78, 5) is 1.31. The molecule has 0 aliphatic carbocycles. The molecule has 0 fully saturated rings. The van der Waals surface area contributed by atoms with Crippen LogP contribution in [-0.2, 0) is 5.41 Å². The van der Waals surface area contributed by atoms with Crippen molar-refractivity contribution in [3.8, 4) is 0 Å². The van der Waals surface area contributed by atoms with Crippen LogP contribution in [0.25, 0.3) is 6.08 Å². The summed E-state index contributed by atoms with van der Waals surface area (Å²) in [6.45, 7) is 10.6. The second-order valence-electron chi connectivity index (χ2n) is 4.38. The first kappa shape index (κ1) is 11.4. The van der Waals surface area contributed by atoms with Gasteiger partial charge in [-0.1, -0.05) is 45.6 Å². The Morgan fingerprint density at radius 2 is 1.93 bits per heavy atom. The average molecular weight is 206 g/mol. The fourth-order valence-electron chi connectivity index (χ4n) is 1.59. The van der Waals surface area contributed by atoms with Gasteiger partial charge >= 0.3 is 0 Å². The third-order valence-corrected chi connectivity index (χ3v) is 3.09. The molecule has 0 spiro atoms. The van der Waals surface area contributed by atoms with E-state index in [0.717, 1.165) is 0 Å². The van der Waals surface area contributed by atoms with Crippen LogP contribution in [0.4, 0.5) is 0 Å². The Morgan fingerprint density at radius 1 is 1.29 bits per heavy atom. The van der Waals surface area contributed by atoms with Gasteiger partial charge in [0.05, 0.1) is 0 Å². The lowest BCUT2D eigenvalue weighted by molar-refractivity contribution is 0.587. The molecule has 0 atom stereocenters. The first-order chi connectivity index (χ1) is 6.50. The van der Waals surface area contributed by atoms with E-state index in [4.69, 9.17) is 0 Å². The standard InChI is InChI=1S/C13H18S/c1-6-10-11(13(2,3)4)8-7-9-12(10)14-5/h6-9H,1H2,2-5H3. The summed E-state index contributed by atoms with van der Waals surface area (Å²) in [5.41, 5.74) is 2.85. The van der Waals surface area contributed by atoms with Crippen LogP contribution in [0.2, 0.25) is 0 Å². The largest absolute Gasteiger partial charge is 0.129 e. The average Bonchev–Trinajstić information content (AvgIpc) is 2.15. The Hall–Kier alpha value is -0.690. The summed E-state index contributed by atoms with van der Waals surface area (Å²) < 4.78 is 0. The smallest absolute Gasteiger partial charge is 0.0144 e. The van der Waals surface area contributed by atoms with E-state index < -0.39 is 0 Å². The highest BCUT2D eigenvalue weighted by molar-refractivity contribution is 7.98. The van der Waals surface area contributed by atoms with Crippen LogP contribution < -0.4 is 0 Å². The number of thioether (sulfide) groups is 1. The lowest BCUT2D eigenvalue weighted by Gasteiger charge is -2.23. The molecule has 0 heterocycles. The molecule has 14 heavy (non-hydrogen) atoms. The first-order valence-corrected chi connectivity index (χ1v) is 6.03. The molecule has 0 unspecified atom stereocenters. The molecule has 0 aliphatic rings. The van der Waals surface area contributed by atoms with E-state index in [1.165, 1.54) is 16.0 Å². The van der Waals surface area contributed by atoms with Crippen molar-refractivity contribution in [1.82, 2.24) is 0 Å². The Labute approximate surface area is 91.4 Å². The van der Waals surface area contributed by atoms with E-state index in [-0.39, 0.29) is 5.41 Å². The van der Waals surface area contributed by atoms with Gasteiger partial charge in [-0.15, -0.1) is 11.8 Å². The van der Waals surface area contributed by atoms with Crippen LogP contribution in [0.15, 0.2) is 29.7 Å². The maximum Gasteiger partial charge on any atom is 0.0144 e. The zero-order valence-corrected chi connectivity index (χ0v) is 10.2. The highest BCUT2D eigenvalue weighted by atomic mass is 32.2. The molecule has 0 N–H and O–H groups in total. The van der Waals surface area contributed by atoms with E-state index in [1.807, 2.05) is 6.08 Å². The topological polar surface area (TPSA) is 0 Å². The Balaban J connectivity index is 3.37. The van der Waals surface area contributed by atoms with Gasteiger partial charge in [-0.05, 0) is 28.9 Å². The highest BCUT2D eigenvalue weighted by Crippen LogP contribution is 2.32. The van der Waals surface area contributed by atoms with Gasteiger partial charge in [0, 0.05) is 4.90 Å². The quantitative estimate of drug-likeness (QED) is 0.648. The second kappa shape index (κ2) is 4.22. The minimum Gasteiger partial charge on any atom is -0.129 e. The van der Waals surface area contributed by atoms with E-state index >= 15 is 0 Å². The molecule has 0 aliphatic heterocycles. The predicted molar refractivity (Wildman–Crippen MR) is 67.0 cm³/mol. The molecule has 0 saturated carbocycles. The Morgan fingerprint density at radius 3 is 2.36 bits per heavy atom. The summed E-state index contributed by atoms with van der Waals surface area (Å²) in [7, 11) is 0. The number of rotatable bonds is 2. The van der Waals surface area contributed by atoms with Crippen molar-refractivity contribution in [2.24, 2.45) is 0 Å². The van der Waals surface area contributed by atoms with Crippen molar-refractivity contribution in [2.75, 3.05) is 6.26 Å². The zero-order valence-electron chi connectivity index (χ0n) is 9.42. The summed E-state index contributed by atoms with van der Waals surface area (Å²) in [5.74, 6) is 0. The van der Waals surface area contributed by atoms with Gasteiger partial charge in [0.2, 0.25) is 0 Å². The van der Waals surface area contributed by atoms with E-state index in [9.17, 15) is 0 Å². The molecule has 76 valence electrons. The van der Waals surface area contributed by atoms with Crippen LogP contribution >= 0.6 is 11.8 Å². The van der Waals surface area contributed by atoms with Gasteiger partial charge in [0.15, 0.2) is 0 Å². The molecule has 0 nitrogen and oxygen atoms in total. The van der Waals surface area contributed by atoms with Crippen LogP contribution in [0.1, 0.15) is 31.9 Å². The van der Waals surface area contributed by atoms with Crippen molar-refractivity contribution in [1.29, 1.82) is 0 Å². The van der Waals surface area contributed by atoms with Crippen molar-refractivity contribution >= 4 is 17.8 Å². The maximum atomic E-state index is 3.90. The van der Waals surface area contributed by atoms with Crippen LogP contribution in [0.3, 0.4) is 0 Å². The van der Waals surface area contributed by atoms with Crippen molar-refractivity contribution in [2.45, 2.75) is 31.1 Å². The lowest BCUT2D eigenvalue weighted by atomic mass is 9.84. The van der Waals surface area contributed by atoms with Gasteiger partial charge in [-0.2, -0.15) is 0 Å². The minimum atomic E-state index is 0.190. The molecule has 1 aromatic rings. The Kier molecular flexibility index (Phi) is 3.43. The van der Waals surface area contributed by atoms with Crippen molar-refractivity contribution in [3.63, 3.8) is 0 Å². The van der Waals surface area contributed by atoms with Gasteiger partial charge in [0.1, 0.15) is 0 Å². The van der Waals surface area contributed by atoms with E-state index in [1.54, 1.807) is 11.8 Å². The molecule has 0 aromatic heterocycles. The fourth-order valence-corrected chi connectivity index (χ4v) is 2.21. The highest BCUT2D eigenvalue weighted by Gasteiger charge is 2.17. The number of hydrogen-bond donors (Lipinski definition) is 0. The third-order valence-electron chi connectivity index (χ3n) is 2.30. The van der Waals surface area contributed by atoms with Crippen molar-refractivity contribution < 1.29 is 0 Å². The summed E-state index contributed by atoms with van der Waals surface area (Å²) >= 11 is 1.78. The molecular formula is C13H18S. The van der Waals surface area contributed by atoms with Crippen LogP contribution in [0.5, 0.6) is 0 Å². The number of hydrogen-bond acceptors (Lipinski definition) is 1. The first-order valence-electron chi connectivity index (χ1n) is 4.80. The molecule has 0 radical (unpaired) electrons. The maximum absolute atomic E-state index is 3.90. The fraction of sp³-hybridized carbons (Fsp3) is 0.385. The lowest BCUT2D eigenvalue weighted by Crippen LogP contribution is -2.13. The van der Waals surface area contributed by atoms with E-state index in [2.05, 4.69) is 51.8 Å². The monoisotopic (exact) mass is 206 g/mol. The predicted octanol–water partition coefficient (Wildman–Crippen LogP) is 4.35. The SMILES string of the molecule is C=Cc1c(SC)cccc1C(C)(C)C. The second-order valence-corrected chi connectivity index (χ2v) is 5.22. The van der Waals surface area contributed by atoms with Gasteiger partial charge < -0.3 is 0 Å². The van der Waals surface area contributed by atoms with Gasteiger partial charge in [0.25, 0.3) is 0 Å². The molecule has 1 rings (SSSR count). The number of benzene rings is 1. The third kappa shape index (κ3) is 2.21. The zero-order chi connectivity index (χ0) is 10.8. The van der Waals surface area contributed by atoms with Gasteiger partial charge in [-0.25, -0.2) is 0 Å². The van der Waals surface area contributed by atoms with Crippen LogP contribution in [0, 0.1) is 0 Å². The molecule has 0 amide bonds. The molecular weight excluding hydrogens is 188 g/mol. The van der Waals surface area contributed by atoms with E-state index in [0.29, 0.717) is 0 Å². The Bertz CT molecular complexity index is 332. The summed E-state index contributed by atoms with van der Waals surface area (Å²) in [6, 6.07) is 6.47. The minimum absolute atomic E-state index is 0.190. The molecule has 1 heteroatoms. The molecule has 0 bridgehead atoms. The van der Waals surface area contributed by atoms with Crippen LogP contribution in [-0.4, -0.2) is 6.26 Å². The summed E-state index contributed by atoms with van der Waals surface area (Å²) in [5, 5.41) is 0. The molecule has 0 saturated heterocycles.